The van der Waals surface area contributed by atoms with Crippen molar-refractivity contribution in [3.63, 3.8) is 0 Å². The maximum absolute atomic E-state index is 14.5. The molecule has 200 valence electrons. The molecule has 0 radical (unpaired) electrons. The van der Waals surface area contributed by atoms with Crippen molar-refractivity contribution < 1.29 is 0 Å². The summed E-state index contributed by atoms with van der Waals surface area (Å²) >= 11 is 6.40. The van der Waals surface area contributed by atoms with Crippen molar-refractivity contribution in [3.8, 4) is 5.69 Å². The summed E-state index contributed by atoms with van der Waals surface area (Å²) in [6.45, 7) is 5.43. The van der Waals surface area contributed by atoms with Gasteiger partial charge in [-0.15, -0.1) is 6.58 Å². The Balaban J connectivity index is 1.51. The van der Waals surface area contributed by atoms with E-state index in [4.69, 9.17) is 16.6 Å². The molecule has 0 unspecified atom stereocenters. The second kappa shape index (κ2) is 7.84. The van der Waals surface area contributed by atoms with Crippen molar-refractivity contribution in [1.29, 1.82) is 0 Å². The van der Waals surface area contributed by atoms with E-state index in [1.807, 2.05) is 22.8 Å². The molecule has 3 fully saturated rings. The molecule has 4 nitrogen and oxygen atoms in total. The number of halogens is 1. The Labute approximate surface area is 243 Å². The van der Waals surface area contributed by atoms with Gasteiger partial charge in [-0.1, -0.05) is 96.5 Å². The molecule has 2 saturated heterocycles. The second-order valence-electron chi connectivity index (χ2n) is 11.9. The average molecular weight is 554 g/mol. The van der Waals surface area contributed by atoms with E-state index in [1.54, 1.807) is 6.07 Å². The number of rotatable bonds is 3. The molecule has 1 aromatic heterocycles. The Morgan fingerprint density at radius 1 is 0.902 bits per heavy atom. The van der Waals surface area contributed by atoms with Gasteiger partial charge in [0.1, 0.15) is 11.4 Å². The highest BCUT2D eigenvalue weighted by atomic mass is 35.5. The van der Waals surface area contributed by atoms with E-state index in [9.17, 15) is 4.79 Å². The number of nitrogens with zero attached hydrogens (tertiary/aromatic N) is 3. The highest BCUT2D eigenvalue weighted by Gasteiger charge is 2.94. The number of benzene rings is 4. The third kappa shape index (κ3) is 2.39. The van der Waals surface area contributed by atoms with Crippen LogP contribution in [-0.2, 0) is 16.4 Å². The molecule has 1 aliphatic carbocycles. The van der Waals surface area contributed by atoms with Crippen LogP contribution in [0.2, 0.25) is 5.02 Å². The van der Waals surface area contributed by atoms with Gasteiger partial charge in [0.25, 0.3) is 5.56 Å². The number of hydrogen-bond donors (Lipinski definition) is 0. The predicted octanol–water partition coefficient (Wildman–Crippen LogP) is 6.77. The van der Waals surface area contributed by atoms with Gasteiger partial charge in [0, 0.05) is 33.4 Å². The summed E-state index contributed by atoms with van der Waals surface area (Å²) in [4.78, 5) is 22.6. The van der Waals surface area contributed by atoms with Crippen LogP contribution in [0.4, 0.5) is 0 Å². The summed E-state index contributed by atoms with van der Waals surface area (Å²) in [6, 6.07) is 36.2. The molecule has 4 heterocycles. The van der Waals surface area contributed by atoms with E-state index in [2.05, 4.69) is 96.4 Å². The zero-order chi connectivity index (χ0) is 27.6. The van der Waals surface area contributed by atoms with Gasteiger partial charge in [-0.3, -0.25) is 14.3 Å². The monoisotopic (exact) mass is 553 g/mol. The molecule has 0 amide bonds. The summed E-state index contributed by atoms with van der Waals surface area (Å²) in [5, 5.41) is 1.08. The van der Waals surface area contributed by atoms with Crippen LogP contribution in [0.15, 0.2) is 121 Å². The van der Waals surface area contributed by atoms with Crippen molar-refractivity contribution >= 4 is 22.5 Å². The van der Waals surface area contributed by atoms with Gasteiger partial charge in [-0.05, 0) is 54.8 Å². The first kappa shape index (κ1) is 23.7. The molecule has 0 bridgehead atoms. The summed E-state index contributed by atoms with van der Waals surface area (Å²) < 4.78 is 1.90. The Morgan fingerprint density at radius 3 is 2.37 bits per heavy atom. The van der Waals surface area contributed by atoms with Gasteiger partial charge in [0.05, 0.1) is 16.6 Å². The van der Waals surface area contributed by atoms with E-state index in [1.165, 1.54) is 11.1 Å². The third-order valence-electron chi connectivity index (χ3n) is 10.7. The Kier molecular flexibility index (Phi) is 4.53. The molecular formula is C36H28ClN3O. The minimum atomic E-state index is -0.659. The fraction of sp³-hybridized carbons (Fsp3) is 0.222. The highest BCUT2D eigenvalue weighted by molar-refractivity contribution is 6.31. The number of fused-ring (bicyclic) bond motifs is 11. The minimum absolute atomic E-state index is 0.0659. The lowest BCUT2D eigenvalue weighted by atomic mass is 9.67. The summed E-state index contributed by atoms with van der Waals surface area (Å²) in [5.41, 5.74) is 4.02. The Bertz CT molecular complexity index is 1970. The van der Waals surface area contributed by atoms with Crippen molar-refractivity contribution in [2.75, 3.05) is 6.54 Å². The van der Waals surface area contributed by atoms with Gasteiger partial charge in [0.2, 0.25) is 0 Å². The van der Waals surface area contributed by atoms with Gasteiger partial charge in [0.15, 0.2) is 0 Å². The minimum Gasteiger partial charge on any atom is -0.282 e. The molecule has 3 aliphatic heterocycles. The summed E-state index contributed by atoms with van der Waals surface area (Å²) in [6.07, 6.45) is 4.39. The van der Waals surface area contributed by atoms with Crippen molar-refractivity contribution in [1.82, 2.24) is 14.5 Å². The molecule has 41 heavy (non-hydrogen) atoms. The summed E-state index contributed by atoms with van der Waals surface area (Å²) in [7, 11) is 0. The maximum Gasteiger partial charge on any atom is 0.266 e. The zero-order valence-electron chi connectivity index (χ0n) is 22.5. The SMILES string of the molecule is C=C[C@@H]1[C@@]2(c3ccccc3)[C@H]3CCCN3[C@@]3(c4ccccc4-n4c3nc3ccc(Cl)cc3c4=O)[C@@]12c1ccccc1. The zero-order valence-corrected chi connectivity index (χ0v) is 23.3. The van der Waals surface area contributed by atoms with Gasteiger partial charge in [-0.2, -0.15) is 0 Å². The lowest BCUT2D eigenvalue weighted by molar-refractivity contribution is 0.105. The van der Waals surface area contributed by atoms with Crippen molar-refractivity contribution in [2.24, 2.45) is 5.92 Å². The van der Waals surface area contributed by atoms with Crippen LogP contribution < -0.4 is 5.56 Å². The predicted molar refractivity (Wildman–Crippen MR) is 163 cm³/mol. The third-order valence-corrected chi connectivity index (χ3v) is 10.9. The van der Waals surface area contributed by atoms with Crippen LogP contribution in [0.25, 0.3) is 16.6 Å². The number of hydrogen-bond acceptors (Lipinski definition) is 3. The maximum atomic E-state index is 14.5. The largest absolute Gasteiger partial charge is 0.282 e. The molecule has 5 atom stereocenters. The molecule has 5 aromatic rings. The quantitative estimate of drug-likeness (QED) is 0.232. The Morgan fingerprint density at radius 2 is 1.61 bits per heavy atom. The topological polar surface area (TPSA) is 38.1 Å². The van der Waals surface area contributed by atoms with Crippen molar-refractivity contribution in [3.05, 3.63) is 154 Å². The van der Waals surface area contributed by atoms with Crippen molar-refractivity contribution in [2.45, 2.75) is 35.3 Å². The summed E-state index contributed by atoms with van der Waals surface area (Å²) in [5.74, 6) is 0.966. The number of para-hydroxylation sites is 1. The normalized spacial score (nSPS) is 30.7. The molecule has 9 rings (SSSR count). The molecule has 4 aromatic carbocycles. The molecule has 5 heteroatoms. The standard InChI is InChI=1S/C36H28ClN3O/c1-2-30-34(23-12-5-3-6-13-23)31-18-11-21-39(31)36(35(30,34)24-14-7-4-8-15-24)27-16-9-10-17-29(27)40-32(41)26-22-25(37)19-20-28(26)38-33(36)40/h2-10,12-17,19-20,22,30-31H,1,11,18,21H2/t30-,31-,34+,35+,36-/m1/s1. The van der Waals surface area contributed by atoms with Crippen LogP contribution in [0.3, 0.4) is 0 Å². The molecule has 4 aliphatic rings. The van der Waals surface area contributed by atoms with E-state index in [0.717, 1.165) is 36.5 Å². The number of aromatic nitrogens is 2. The van der Waals surface area contributed by atoms with Crippen LogP contribution >= 0.6 is 11.6 Å². The van der Waals surface area contributed by atoms with Crippen LogP contribution in [0, 0.1) is 5.92 Å². The van der Waals surface area contributed by atoms with E-state index < -0.39 is 11.0 Å². The molecule has 1 spiro atoms. The number of piperidine rings is 1. The second-order valence-corrected chi connectivity index (χ2v) is 12.4. The lowest BCUT2D eigenvalue weighted by Crippen LogP contribution is -2.53. The molecule has 0 N–H and O–H groups in total. The average Bonchev–Trinajstić information content (AvgIpc) is 3.27. The fourth-order valence-electron chi connectivity index (χ4n) is 9.78. The highest BCUT2D eigenvalue weighted by Crippen LogP contribution is 2.87. The Hall–Kier alpha value is -3.99. The first-order valence-corrected chi connectivity index (χ1v) is 14.8. The lowest BCUT2D eigenvalue weighted by Gasteiger charge is -2.44. The first-order chi connectivity index (χ1) is 20.1. The van der Waals surface area contributed by atoms with Gasteiger partial charge in [-0.25, -0.2) is 4.98 Å². The van der Waals surface area contributed by atoms with Crippen LogP contribution in [-0.4, -0.2) is 27.0 Å². The fourth-order valence-corrected chi connectivity index (χ4v) is 9.96. The number of allylic oxidation sites excluding steroid dienone is 1. The van der Waals surface area contributed by atoms with Gasteiger partial charge < -0.3 is 0 Å². The van der Waals surface area contributed by atoms with E-state index in [-0.39, 0.29) is 22.9 Å². The van der Waals surface area contributed by atoms with Gasteiger partial charge >= 0.3 is 0 Å². The van der Waals surface area contributed by atoms with E-state index in [0.29, 0.717) is 15.9 Å². The van der Waals surface area contributed by atoms with Crippen LogP contribution in [0.5, 0.6) is 0 Å². The molecular weight excluding hydrogens is 526 g/mol. The smallest absolute Gasteiger partial charge is 0.266 e. The molecule has 1 saturated carbocycles. The van der Waals surface area contributed by atoms with E-state index >= 15 is 0 Å². The first-order valence-electron chi connectivity index (χ1n) is 14.5. The van der Waals surface area contributed by atoms with Crippen LogP contribution in [0.1, 0.15) is 35.4 Å².